The highest BCUT2D eigenvalue weighted by molar-refractivity contribution is 6.39. The van der Waals surface area contributed by atoms with E-state index in [1.54, 1.807) is 30.5 Å². The largest absolute Gasteiger partial charge is 0.412 e. The van der Waals surface area contributed by atoms with Gasteiger partial charge in [0.05, 0.1) is 22.2 Å². The molecule has 2 aromatic carbocycles. The molecule has 3 heterocycles. The average Bonchev–Trinajstić information content (AvgIpc) is 2.89. The maximum Gasteiger partial charge on any atom is 0.293 e. The van der Waals surface area contributed by atoms with Crippen LogP contribution in [0.25, 0.3) is 22.2 Å². The van der Waals surface area contributed by atoms with E-state index in [0.29, 0.717) is 26.7 Å². The predicted molar refractivity (Wildman–Crippen MR) is 142 cm³/mol. The molecule has 1 aliphatic heterocycles. The zero-order valence-corrected chi connectivity index (χ0v) is 21.0. The van der Waals surface area contributed by atoms with Crippen LogP contribution in [0.2, 0.25) is 10.0 Å². The maximum atomic E-state index is 13.3. The second kappa shape index (κ2) is 10.3. The third-order valence-electron chi connectivity index (χ3n) is 6.08. The van der Waals surface area contributed by atoms with Gasteiger partial charge in [0.2, 0.25) is 5.95 Å². The molecule has 0 saturated carbocycles. The summed E-state index contributed by atoms with van der Waals surface area (Å²) in [6.45, 7) is 3.47. The summed E-state index contributed by atoms with van der Waals surface area (Å²) in [7, 11) is 1.39. The van der Waals surface area contributed by atoms with E-state index >= 15 is 0 Å². The number of aromatic nitrogens is 3. The molecule has 1 aliphatic rings. The molecule has 1 fully saturated rings. The lowest BCUT2D eigenvalue weighted by Crippen LogP contribution is -2.43. The Kier molecular flexibility index (Phi) is 6.97. The fourth-order valence-electron chi connectivity index (χ4n) is 4.37. The van der Waals surface area contributed by atoms with E-state index in [0.717, 1.165) is 42.2 Å². The lowest BCUT2D eigenvalue weighted by atomic mass is 10.1. The van der Waals surface area contributed by atoms with Gasteiger partial charge >= 0.3 is 0 Å². The molecule has 5 rings (SSSR count). The van der Waals surface area contributed by atoms with Gasteiger partial charge in [0.1, 0.15) is 7.11 Å². The van der Waals surface area contributed by atoms with Crippen molar-refractivity contribution >= 4 is 51.6 Å². The number of aliphatic hydroxyl groups is 1. The molecule has 186 valence electrons. The number of anilines is 3. The molecule has 4 aromatic rings. The van der Waals surface area contributed by atoms with Crippen LogP contribution < -0.4 is 25.9 Å². The SMILES string of the molecule is COn1c(=O)c(-c2c(Cl)cccc2Cl)cc2cnc(Nc3ccc(N4CCNCC4)c(CO)c3)nc21. The first kappa shape index (κ1) is 24.3. The molecule has 0 bridgehead atoms. The molecule has 0 atom stereocenters. The Balaban J connectivity index is 1.51. The first-order valence-electron chi connectivity index (χ1n) is 11.4. The minimum absolute atomic E-state index is 0.0933. The van der Waals surface area contributed by atoms with Crippen LogP contribution >= 0.6 is 23.2 Å². The Morgan fingerprint density at radius 1 is 1.14 bits per heavy atom. The topological polar surface area (TPSA) is 105 Å². The summed E-state index contributed by atoms with van der Waals surface area (Å²) in [4.78, 5) is 29.8. The summed E-state index contributed by atoms with van der Waals surface area (Å²) in [5, 5.41) is 17.7. The van der Waals surface area contributed by atoms with Gasteiger partial charge < -0.3 is 25.5 Å². The number of pyridine rings is 1. The Morgan fingerprint density at radius 3 is 2.58 bits per heavy atom. The molecule has 9 nitrogen and oxygen atoms in total. The molecule has 0 spiro atoms. The predicted octanol–water partition coefficient (Wildman–Crippen LogP) is 3.47. The van der Waals surface area contributed by atoms with E-state index in [1.165, 1.54) is 7.11 Å². The summed E-state index contributed by atoms with van der Waals surface area (Å²) in [6.07, 6.45) is 1.59. The summed E-state index contributed by atoms with van der Waals surface area (Å²) >= 11 is 12.7. The van der Waals surface area contributed by atoms with Crippen molar-refractivity contribution in [3.05, 3.63) is 74.6 Å². The second-order valence-corrected chi connectivity index (χ2v) is 9.09. The molecule has 11 heteroatoms. The molecule has 36 heavy (non-hydrogen) atoms. The molecule has 0 amide bonds. The minimum atomic E-state index is -0.451. The Morgan fingerprint density at radius 2 is 1.89 bits per heavy atom. The molecule has 0 aliphatic carbocycles. The molecule has 2 aromatic heterocycles. The highest BCUT2D eigenvalue weighted by Crippen LogP contribution is 2.34. The van der Waals surface area contributed by atoms with Crippen molar-refractivity contribution in [3.63, 3.8) is 0 Å². The maximum absolute atomic E-state index is 13.3. The number of nitrogens with zero attached hydrogens (tertiary/aromatic N) is 4. The zero-order valence-electron chi connectivity index (χ0n) is 19.5. The van der Waals surface area contributed by atoms with Crippen molar-refractivity contribution < 1.29 is 9.94 Å². The summed E-state index contributed by atoms with van der Waals surface area (Å²) in [6, 6.07) is 12.5. The summed E-state index contributed by atoms with van der Waals surface area (Å²) < 4.78 is 1.09. The second-order valence-electron chi connectivity index (χ2n) is 8.27. The van der Waals surface area contributed by atoms with Crippen LogP contribution in [0.4, 0.5) is 17.3 Å². The van der Waals surface area contributed by atoms with Crippen molar-refractivity contribution in [3.8, 4) is 11.1 Å². The van der Waals surface area contributed by atoms with Crippen molar-refractivity contribution in [2.24, 2.45) is 0 Å². The highest BCUT2D eigenvalue weighted by Gasteiger charge is 2.19. The van der Waals surface area contributed by atoms with Crippen LogP contribution in [0.3, 0.4) is 0 Å². The van der Waals surface area contributed by atoms with Gasteiger partial charge in [-0.3, -0.25) is 4.79 Å². The molecule has 0 radical (unpaired) electrons. The number of benzene rings is 2. The fraction of sp³-hybridized carbons (Fsp3) is 0.240. The Labute approximate surface area is 217 Å². The number of fused-ring (bicyclic) bond motifs is 1. The molecular weight excluding hydrogens is 503 g/mol. The van der Waals surface area contributed by atoms with E-state index in [2.05, 4.69) is 25.5 Å². The number of rotatable bonds is 6. The van der Waals surface area contributed by atoms with Crippen molar-refractivity contribution in [2.75, 3.05) is 43.5 Å². The van der Waals surface area contributed by atoms with Gasteiger partial charge in [-0.1, -0.05) is 29.3 Å². The summed E-state index contributed by atoms with van der Waals surface area (Å²) in [5.41, 5.74) is 3.05. The van der Waals surface area contributed by atoms with Crippen LogP contribution in [-0.4, -0.2) is 53.1 Å². The average molecular weight is 527 g/mol. The van der Waals surface area contributed by atoms with Crippen molar-refractivity contribution in [1.82, 2.24) is 20.0 Å². The van der Waals surface area contributed by atoms with E-state index in [9.17, 15) is 9.90 Å². The number of halogens is 2. The molecule has 3 N–H and O–H groups in total. The zero-order chi connectivity index (χ0) is 25.2. The lowest BCUT2D eigenvalue weighted by molar-refractivity contribution is 0.168. The van der Waals surface area contributed by atoms with E-state index in [1.807, 2.05) is 18.2 Å². The first-order valence-corrected chi connectivity index (χ1v) is 12.1. The standard InChI is InChI=1S/C25H24Cl2N6O3/c1-36-33-23-15(12-18(24(33)35)22-19(26)3-2-4-20(22)27)13-29-25(31-23)30-17-5-6-21(16(11-17)14-34)32-9-7-28-8-10-32/h2-6,11-13,28,34H,7-10,14H2,1H3,(H,29,30,31). The number of piperazine rings is 1. The van der Waals surface area contributed by atoms with Gasteiger partial charge in [0.25, 0.3) is 5.56 Å². The fourth-order valence-corrected chi connectivity index (χ4v) is 4.97. The molecular formula is C25H24Cl2N6O3. The number of aliphatic hydroxyl groups excluding tert-OH is 1. The van der Waals surface area contributed by atoms with Gasteiger partial charge in [-0.15, -0.1) is 4.73 Å². The van der Waals surface area contributed by atoms with Crippen LogP contribution in [0.1, 0.15) is 5.56 Å². The quantitative estimate of drug-likeness (QED) is 0.350. The van der Waals surface area contributed by atoms with Gasteiger partial charge in [-0.25, -0.2) is 4.98 Å². The van der Waals surface area contributed by atoms with Gasteiger partial charge in [-0.05, 0) is 36.4 Å². The Hall–Kier alpha value is -3.37. The minimum Gasteiger partial charge on any atom is -0.412 e. The summed E-state index contributed by atoms with van der Waals surface area (Å²) in [5.74, 6) is 0.273. The third-order valence-corrected chi connectivity index (χ3v) is 6.71. The number of hydrogen-bond donors (Lipinski definition) is 3. The van der Waals surface area contributed by atoms with Crippen LogP contribution in [0.5, 0.6) is 0 Å². The van der Waals surface area contributed by atoms with Crippen molar-refractivity contribution in [2.45, 2.75) is 6.61 Å². The van der Waals surface area contributed by atoms with Crippen LogP contribution in [-0.2, 0) is 6.61 Å². The van der Waals surface area contributed by atoms with Crippen LogP contribution in [0, 0.1) is 0 Å². The normalized spacial score (nSPS) is 13.7. The van der Waals surface area contributed by atoms with Gasteiger partial charge in [0.15, 0.2) is 5.65 Å². The molecule has 1 saturated heterocycles. The number of hydrogen-bond acceptors (Lipinski definition) is 8. The van der Waals surface area contributed by atoms with Gasteiger partial charge in [-0.2, -0.15) is 4.98 Å². The molecule has 0 unspecified atom stereocenters. The highest BCUT2D eigenvalue weighted by atomic mass is 35.5. The monoisotopic (exact) mass is 526 g/mol. The van der Waals surface area contributed by atoms with E-state index in [4.69, 9.17) is 28.0 Å². The van der Waals surface area contributed by atoms with E-state index in [-0.39, 0.29) is 23.8 Å². The Bertz CT molecular complexity index is 1470. The lowest BCUT2D eigenvalue weighted by Gasteiger charge is -2.31. The van der Waals surface area contributed by atoms with Crippen LogP contribution in [0.15, 0.2) is 53.5 Å². The third kappa shape index (κ3) is 4.58. The number of nitrogens with one attached hydrogen (secondary N) is 2. The van der Waals surface area contributed by atoms with E-state index < -0.39 is 5.56 Å². The first-order chi connectivity index (χ1) is 17.5. The van der Waals surface area contributed by atoms with Gasteiger partial charge in [0, 0.05) is 60.3 Å². The smallest absolute Gasteiger partial charge is 0.293 e. The van der Waals surface area contributed by atoms with Crippen molar-refractivity contribution in [1.29, 1.82) is 0 Å².